The highest BCUT2D eigenvalue weighted by atomic mass is 32.1. The Hall–Kier alpha value is 0.270. The molecule has 1 saturated heterocycles. The van der Waals surface area contributed by atoms with Crippen molar-refractivity contribution in [2.45, 2.75) is 40.2 Å². The van der Waals surface area contributed by atoms with Crippen molar-refractivity contribution in [3.63, 3.8) is 0 Å². The number of rotatable bonds is 3. The molecule has 0 N–H and O–H groups in total. The van der Waals surface area contributed by atoms with Crippen molar-refractivity contribution in [1.29, 1.82) is 0 Å². The lowest BCUT2D eigenvalue weighted by Crippen LogP contribution is -2.58. The van der Waals surface area contributed by atoms with Crippen LogP contribution in [0.2, 0.25) is 0 Å². The quantitative estimate of drug-likeness (QED) is 0.778. The molecular weight excluding hydrogens is 228 g/mol. The van der Waals surface area contributed by atoms with Gasteiger partial charge in [-0.05, 0) is 38.0 Å². The zero-order chi connectivity index (χ0) is 13.3. The monoisotopic (exact) mass is 258 g/mol. The van der Waals surface area contributed by atoms with E-state index in [0.717, 1.165) is 5.75 Å². The van der Waals surface area contributed by atoms with Gasteiger partial charge in [0.1, 0.15) is 0 Å². The molecule has 0 aromatic rings. The van der Waals surface area contributed by atoms with Gasteiger partial charge in [-0.3, -0.25) is 9.80 Å². The maximum atomic E-state index is 4.53. The van der Waals surface area contributed by atoms with Gasteiger partial charge in [0.25, 0.3) is 0 Å². The molecule has 3 heteroatoms. The minimum absolute atomic E-state index is 0.303. The highest BCUT2D eigenvalue weighted by Gasteiger charge is 2.33. The van der Waals surface area contributed by atoms with Gasteiger partial charge in [-0.15, -0.1) is 0 Å². The van der Waals surface area contributed by atoms with Crippen molar-refractivity contribution in [1.82, 2.24) is 9.80 Å². The Labute approximate surface area is 113 Å². The first-order valence-electron chi connectivity index (χ1n) is 6.71. The molecule has 1 aliphatic rings. The Morgan fingerprint density at radius 2 is 1.82 bits per heavy atom. The summed E-state index contributed by atoms with van der Waals surface area (Å²) in [5.41, 5.74) is 0.659. The second-order valence-electron chi connectivity index (χ2n) is 7.21. The lowest BCUT2D eigenvalue weighted by atomic mass is 9.81. The smallest absolute Gasteiger partial charge is 0.0277 e. The Balaban J connectivity index is 2.58. The van der Waals surface area contributed by atoms with Crippen molar-refractivity contribution in [2.75, 3.05) is 39.0 Å². The second-order valence-corrected chi connectivity index (χ2v) is 7.58. The van der Waals surface area contributed by atoms with Crippen molar-refractivity contribution in [2.24, 2.45) is 11.3 Å². The Kier molecular flexibility index (Phi) is 4.96. The molecule has 1 aliphatic heterocycles. The van der Waals surface area contributed by atoms with Gasteiger partial charge in [0, 0.05) is 31.7 Å². The predicted molar refractivity (Wildman–Crippen MR) is 79.9 cm³/mol. The summed E-state index contributed by atoms with van der Waals surface area (Å²) >= 11 is 4.53. The molecule has 0 bridgehead atoms. The van der Waals surface area contributed by atoms with Crippen molar-refractivity contribution < 1.29 is 0 Å². The third kappa shape index (κ3) is 4.15. The van der Waals surface area contributed by atoms with E-state index in [1.807, 2.05) is 0 Å². The summed E-state index contributed by atoms with van der Waals surface area (Å²) in [5.74, 6) is 1.65. The van der Waals surface area contributed by atoms with Crippen LogP contribution in [0.25, 0.3) is 0 Å². The van der Waals surface area contributed by atoms with E-state index in [0.29, 0.717) is 16.9 Å². The molecule has 0 aromatic heterocycles. The van der Waals surface area contributed by atoms with Crippen LogP contribution >= 0.6 is 12.6 Å². The molecule has 1 unspecified atom stereocenters. The van der Waals surface area contributed by atoms with Crippen molar-refractivity contribution in [3.05, 3.63) is 0 Å². The number of hydrogen-bond donors (Lipinski definition) is 1. The number of thiol groups is 1. The molecule has 0 amide bonds. The van der Waals surface area contributed by atoms with Gasteiger partial charge in [-0.2, -0.15) is 12.6 Å². The molecule has 0 spiro atoms. The van der Waals surface area contributed by atoms with Gasteiger partial charge < -0.3 is 0 Å². The van der Waals surface area contributed by atoms with Gasteiger partial charge in [-0.1, -0.05) is 20.8 Å². The fourth-order valence-electron chi connectivity index (χ4n) is 2.41. The number of hydrogen-bond acceptors (Lipinski definition) is 3. The summed E-state index contributed by atoms with van der Waals surface area (Å²) < 4.78 is 0. The largest absolute Gasteiger partial charge is 0.300 e. The molecule has 0 saturated carbocycles. The van der Waals surface area contributed by atoms with Crippen LogP contribution in [0.1, 0.15) is 34.6 Å². The molecule has 17 heavy (non-hydrogen) atoms. The Bertz CT molecular complexity index is 245. The minimum atomic E-state index is 0.303. The van der Waals surface area contributed by atoms with Crippen LogP contribution in [-0.2, 0) is 0 Å². The van der Waals surface area contributed by atoms with Gasteiger partial charge in [-0.25, -0.2) is 0 Å². The van der Waals surface area contributed by atoms with E-state index in [1.165, 1.54) is 26.2 Å². The maximum absolute atomic E-state index is 4.53. The van der Waals surface area contributed by atoms with Crippen LogP contribution in [0.15, 0.2) is 0 Å². The summed E-state index contributed by atoms with van der Waals surface area (Å²) in [6.45, 7) is 16.4. The van der Waals surface area contributed by atoms with E-state index < -0.39 is 0 Å². The fraction of sp³-hybridized carbons (Fsp3) is 1.00. The minimum Gasteiger partial charge on any atom is -0.300 e. The van der Waals surface area contributed by atoms with Crippen LogP contribution in [0, 0.1) is 11.3 Å². The summed E-state index contributed by atoms with van der Waals surface area (Å²) in [6, 6.07) is 0. The average molecular weight is 258 g/mol. The lowest BCUT2D eigenvalue weighted by Gasteiger charge is -2.47. The number of nitrogens with zero attached hydrogens (tertiary/aromatic N) is 2. The average Bonchev–Trinajstić information content (AvgIpc) is 2.17. The van der Waals surface area contributed by atoms with Crippen LogP contribution in [0.4, 0.5) is 0 Å². The van der Waals surface area contributed by atoms with Crippen LogP contribution in [0.5, 0.6) is 0 Å². The van der Waals surface area contributed by atoms with E-state index >= 15 is 0 Å². The van der Waals surface area contributed by atoms with Crippen LogP contribution in [0.3, 0.4) is 0 Å². The molecule has 1 heterocycles. The first kappa shape index (κ1) is 15.3. The normalized spacial score (nSPS) is 24.9. The highest BCUT2D eigenvalue weighted by molar-refractivity contribution is 7.80. The first-order chi connectivity index (χ1) is 7.66. The zero-order valence-electron chi connectivity index (χ0n) is 12.5. The maximum Gasteiger partial charge on any atom is 0.0277 e. The van der Waals surface area contributed by atoms with Crippen LogP contribution < -0.4 is 0 Å². The lowest BCUT2D eigenvalue weighted by molar-refractivity contribution is 0.0239. The summed E-state index contributed by atoms with van der Waals surface area (Å²) in [6.07, 6.45) is 0. The molecule has 0 aromatic carbocycles. The first-order valence-corrected chi connectivity index (χ1v) is 7.34. The third-order valence-electron chi connectivity index (χ3n) is 4.32. The van der Waals surface area contributed by atoms with Gasteiger partial charge >= 0.3 is 0 Å². The van der Waals surface area contributed by atoms with Crippen molar-refractivity contribution >= 4 is 12.6 Å². The van der Waals surface area contributed by atoms with Crippen molar-refractivity contribution in [3.8, 4) is 0 Å². The summed E-state index contributed by atoms with van der Waals surface area (Å²) in [7, 11) is 2.23. The molecule has 1 rings (SSSR count). The molecule has 0 aliphatic carbocycles. The Morgan fingerprint density at radius 1 is 1.24 bits per heavy atom. The van der Waals surface area contributed by atoms with E-state index in [2.05, 4.69) is 64.1 Å². The second kappa shape index (κ2) is 5.50. The van der Waals surface area contributed by atoms with Crippen LogP contribution in [-0.4, -0.2) is 54.3 Å². The molecule has 1 fully saturated rings. The fourth-order valence-corrected chi connectivity index (χ4v) is 3.08. The molecule has 1 atom stereocenters. The predicted octanol–water partition coefficient (Wildman–Crippen LogP) is 2.60. The molecule has 0 radical (unpaired) electrons. The molecule has 102 valence electrons. The van der Waals surface area contributed by atoms with E-state index in [-0.39, 0.29) is 0 Å². The molecular formula is C14H30N2S. The van der Waals surface area contributed by atoms with E-state index in [1.54, 1.807) is 0 Å². The Morgan fingerprint density at radius 3 is 2.24 bits per heavy atom. The van der Waals surface area contributed by atoms with Gasteiger partial charge in [0.15, 0.2) is 0 Å². The van der Waals surface area contributed by atoms with Gasteiger partial charge in [0.05, 0.1) is 0 Å². The van der Waals surface area contributed by atoms with Gasteiger partial charge in [0.2, 0.25) is 0 Å². The SMILES string of the molecule is CN1CCN(CC(CS)C(C)(C)C)CC1(C)C. The number of likely N-dealkylation sites (N-methyl/N-ethyl adjacent to an activating group) is 1. The summed E-state index contributed by atoms with van der Waals surface area (Å²) in [4.78, 5) is 5.09. The topological polar surface area (TPSA) is 6.48 Å². The molecule has 2 nitrogen and oxygen atoms in total. The highest BCUT2D eigenvalue weighted by Crippen LogP contribution is 2.29. The third-order valence-corrected chi connectivity index (χ3v) is 4.76. The van der Waals surface area contributed by atoms with E-state index in [4.69, 9.17) is 0 Å². The summed E-state index contributed by atoms with van der Waals surface area (Å²) in [5, 5.41) is 0. The zero-order valence-corrected chi connectivity index (χ0v) is 13.3. The number of piperazine rings is 1. The standard InChI is InChI=1S/C14H30N2S/c1-13(2,3)12(10-17)9-16-8-7-15(6)14(4,5)11-16/h12,17H,7-11H2,1-6H3. The van der Waals surface area contributed by atoms with E-state index in [9.17, 15) is 0 Å².